The van der Waals surface area contributed by atoms with E-state index in [1.807, 2.05) is 0 Å². The van der Waals surface area contributed by atoms with Crippen molar-refractivity contribution in [2.75, 3.05) is 11.1 Å². The third kappa shape index (κ3) is 2.89. The molecule has 31 heavy (non-hydrogen) atoms. The van der Waals surface area contributed by atoms with Crippen LogP contribution in [-0.2, 0) is 16.6 Å². The number of nitrogen functional groups attached to an aromatic ring is 1. The van der Waals surface area contributed by atoms with Crippen LogP contribution in [0.3, 0.4) is 0 Å². The molecule has 0 unspecified atom stereocenters. The minimum Gasteiger partial charge on any atom is -0.383 e. The van der Waals surface area contributed by atoms with Crippen molar-refractivity contribution >= 4 is 51.4 Å². The molecular weight excluding hydrogens is 446 g/mol. The predicted octanol–water partition coefficient (Wildman–Crippen LogP) is 4.21. The van der Waals surface area contributed by atoms with Crippen LogP contribution in [0.15, 0.2) is 23.6 Å². The molecule has 5 rings (SSSR count). The number of hydrogen-bond acceptors (Lipinski definition) is 6. The van der Waals surface area contributed by atoms with E-state index in [-0.39, 0.29) is 29.7 Å². The van der Waals surface area contributed by atoms with Crippen LogP contribution < -0.4 is 11.1 Å². The van der Waals surface area contributed by atoms with Crippen molar-refractivity contribution in [1.82, 2.24) is 19.7 Å². The molecule has 1 aromatic carbocycles. The Hall–Kier alpha value is -3.11. The summed E-state index contributed by atoms with van der Waals surface area (Å²) in [4.78, 5) is 21.1. The standard InChI is InChI=1S/C20H15ClF2N6OS/c1-20(2)12-16(24)25-19(27-17(12)26-18(20)30)29-14-9(7-31-15(14)21)11(28-29)6-8-4-3-5-10(22)13(8)23/h3-5,7H,6H2,1-2H3,(H3,24,25,26,27,30). The van der Waals surface area contributed by atoms with Crippen molar-refractivity contribution in [3.8, 4) is 5.95 Å². The Morgan fingerprint density at radius 1 is 1.29 bits per heavy atom. The van der Waals surface area contributed by atoms with Crippen molar-refractivity contribution in [3.63, 3.8) is 0 Å². The summed E-state index contributed by atoms with van der Waals surface area (Å²) in [5.74, 6) is -1.51. The van der Waals surface area contributed by atoms with E-state index in [9.17, 15) is 13.6 Å². The number of carbonyl (C=O) groups is 1. The predicted molar refractivity (Wildman–Crippen MR) is 115 cm³/mol. The van der Waals surface area contributed by atoms with Crippen LogP contribution in [0.4, 0.5) is 20.4 Å². The number of fused-ring (bicyclic) bond motifs is 2. The molecule has 0 spiro atoms. The fourth-order valence-corrected chi connectivity index (χ4v) is 4.83. The van der Waals surface area contributed by atoms with Gasteiger partial charge in [0.2, 0.25) is 5.91 Å². The summed E-state index contributed by atoms with van der Waals surface area (Å²) in [6.07, 6.45) is 0.0460. The number of halogens is 3. The molecule has 4 aromatic rings. The molecule has 158 valence electrons. The van der Waals surface area contributed by atoms with E-state index in [1.54, 1.807) is 19.2 Å². The van der Waals surface area contributed by atoms with Gasteiger partial charge in [-0.15, -0.1) is 11.3 Å². The van der Waals surface area contributed by atoms with E-state index in [4.69, 9.17) is 17.3 Å². The van der Waals surface area contributed by atoms with Crippen LogP contribution >= 0.6 is 22.9 Å². The molecule has 0 atom stereocenters. The first kappa shape index (κ1) is 19.8. The summed E-state index contributed by atoms with van der Waals surface area (Å²) in [5.41, 5.74) is 6.99. The molecule has 1 aliphatic rings. The summed E-state index contributed by atoms with van der Waals surface area (Å²) in [7, 11) is 0. The SMILES string of the molecule is CC1(C)C(=O)Nc2nc(-n3nc(Cc4cccc(F)c4F)c4csc(Cl)c43)nc(N)c21. The average molecular weight is 461 g/mol. The van der Waals surface area contributed by atoms with E-state index in [0.717, 1.165) is 6.07 Å². The van der Waals surface area contributed by atoms with Crippen LogP contribution in [0, 0.1) is 11.6 Å². The molecule has 0 aliphatic carbocycles. The van der Waals surface area contributed by atoms with Gasteiger partial charge in [-0.05, 0) is 25.5 Å². The largest absolute Gasteiger partial charge is 0.383 e. The number of carbonyl (C=O) groups excluding carboxylic acids is 1. The van der Waals surface area contributed by atoms with Crippen molar-refractivity contribution < 1.29 is 13.6 Å². The molecule has 0 radical (unpaired) electrons. The van der Waals surface area contributed by atoms with Crippen molar-refractivity contribution in [2.45, 2.75) is 25.7 Å². The average Bonchev–Trinajstić information content (AvgIpc) is 3.32. The second-order valence-corrected chi connectivity index (χ2v) is 9.21. The van der Waals surface area contributed by atoms with Crippen molar-refractivity contribution in [2.24, 2.45) is 0 Å². The van der Waals surface area contributed by atoms with Gasteiger partial charge in [-0.25, -0.2) is 8.78 Å². The zero-order valence-electron chi connectivity index (χ0n) is 16.3. The Morgan fingerprint density at radius 2 is 2.06 bits per heavy atom. The Balaban J connectivity index is 1.67. The third-order valence-corrected chi connectivity index (χ3v) is 6.59. The Morgan fingerprint density at radius 3 is 2.84 bits per heavy atom. The lowest BCUT2D eigenvalue weighted by molar-refractivity contribution is -0.119. The molecule has 1 amide bonds. The van der Waals surface area contributed by atoms with Gasteiger partial charge in [-0.3, -0.25) is 4.79 Å². The second kappa shape index (κ2) is 6.69. The monoisotopic (exact) mass is 460 g/mol. The van der Waals surface area contributed by atoms with E-state index in [2.05, 4.69) is 20.4 Å². The number of thiophene rings is 1. The molecule has 0 saturated carbocycles. The molecule has 3 N–H and O–H groups in total. The molecule has 7 nitrogen and oxygen atoms in total. The quantitative estimate of drug-likeness (QED) is 0.477. The van der Waals surface area contributed by atoms with Crippen LogP contribution in [-0.4, -0.2) is 25.7 Å². The molecule has 0 saturated heterocycles. The van der Waals surface area contributed by atoms with Gasteiger partial charge >= 0.3 is 0 Å². The van der Waals surface area contributed by atoms with Crippen LogP contribution in [0.5, 0.6) is 0 Å². The summed E-state index contributed by atoms with van der Waals surface area (Å²) < 4.78 is 29.7. The number of anilines is 2. The minimum absolute atomic E-state index is 0.0460. The lowest BCUT2D eigenvalue weighted by atomic mass is 9.87. The van der Waals surface area contributed by atoms with Gasteiger partial charge in [0.1, 0.15) is 21.5 Å². The number of hydrogen-bond donors (Lipinski definition) is 2. The maximum absolute atomic E-state index is 14.2. The van der Waals surface area contributed by atoms with E-state index >= 15 is 0 Å². The lowest BCUT2D eigenvalue weighted by Gasteiger charge is -2.16. The topological polar surface area (TPSA) is 98.7 Å². The zero-order chi connectivity index (χ0) is 22.1. The highest BCUT2D eigenvalue weighted by molar-refractivity contribution is 7.16. The highest BCUT2D eigenvalue weighted by Gasteiger charge is 2.42. The van der Waals surface area contributed by atoms with E-state index < -0.39 is 17.0 Å². The zero-order valence-corrected chi connectivity index (χ0v) is 17.9. The number of aromatic nitrogens is 4. The van der Waals surface area contributed by atoms with Gasteiger partial charge in [-0.1, -0.05) is 23.7 Å². The van der Waals surface area contributed by atoms with E-state index in [0.29, 0.717) is 32.3 Å². The normalized spacial score (nSPS) is 14.8. The molecule has 1 aliphatic heterocycles. The summed E-state index contributed by atoms with van der Waals surface area (Å²) in [6, 6.07) is 4.00. The first-order valence-corrected chi connectivity index (χ1v) is 10.5. The Kier molecular flexibility index (Phi) is 4.28. The van der Waals surface area contributed by atoms with Crippen molar-refractivity contribution in [1.29, 1.82) is 0 Å². The maximum Gasteiger partial charge on any atom is 0.255 e. The minimum atomic E-state index is -0.926. The molecule has 0 bridgehead atoms. The second-order valence-electron chi connectivity index (χ2n) is 7.73. The molecule has 4 heterocycles. The Bertz CT molecular complexity index is 1400. The van der Waals surface area contributed by atoms with Crippen LogP contribution in [0.2, 0.25) is 4.34 Å². The van der Waals surface area contributed by atoms with Crippen LogP contribution in [0.1, 0.15) is 30.7 Å². The maximum atomic E-state index is 14.2. The smallest absolute Gasteiger partial charge is 0.255 e. The summed E-state index contributed by atoms with van der Waals surface area (Å²) in [5, 5.41) is 9.71. The molecular formula is C20H15ClF2N6OS. The molecule has 11 heteroatoms. The summed E-state index contributed by atoms with van der Waals surface area (Å²) in [6.45, 7) is 3.47. The fraction of sp³-hybridized carbons (Fsp3) is 0.200. The van der Waals surface area contributed by atoms with Gasteiger partial charge in [0.05, 0.1) is 16.7 Å². The van der Waals surface area contributed by atoms with Crippen LogP contribution in [0.25, 0.3) is 16.9 Å². The number of nitrogens with two attached hydrogens (primary N) is 1. The Labute approximate surface area is 183 Å². The van der Waals surface area contributed by atoms with Gasteiger partial charge in [0, 0.05) is 17.2 Å². The highest BCUT2D eigenvalue weighted by atomic mass is 35.5. The molecule has 3 aromatic heterocycles. The number of amides is 1. The van der Waals surface area contributed by atoms with Crippen molar-refractivity contribution in [3.05, 3.63) is 56.4 Å². The fourth-order valence-electron chi connectivity index (χ4n) is 3.74. The van der Waals surface area contributed by atoms with Gasteiger partial charge in [-0.2, -0.15) is 19.7 Å². The summed E-state index contributed by atoms with van der Waals surface area (Å²) >= 11 is 7.67. The van der Waals surface area contributed by atoms with Gasteiger partial charge in [0.15, 0.2) is 11.6 Å². The number of nitrogens with zero attached hydrogens (tertiary/aromatic N) is 4. The third-order valence-electron chi connectivity index (χ3n) is 5.39. The van der Waals surface area contributed by atoms with Gasteiger partial charge < -0.3 is 11.1 Å². The number of benzene rings is 1. The first-order chi connectivity index (χ1) is 14.7. The molecule has 0 fully saturated rings. The first-order valence-electron chi connectivity index (χ1n) is 9.25. The highest BCUT2D eigenvalue weighted by Crippen LogP contribution is 2.40. The number of rotatable bonds is 3. The lowest BCUT2D eigenvalue weighted by Crippen LogP contribution is -2.27. The number of nitrogens with one attached hydrogen (secondary N) is 1. The van der Waals surface area contributed by atoms with E-state index in [1.165, 1.54) is 28.2 Å². The van der Waals surface area contributed by atoms with Gasteiger partial charge in [0.25, 0.3) is 5.95 Å².